The molecule has 164 valence electrons. The number of nitrogens with zero attached hydrogens (tertiary/aromatic N) is 3. The van der Waals surface area contributed by atoms with Gasteiger partial charge in [-0.1, -0.05) is 12.1 Å². The molecular weight excluding hydrogens is 386 g/mol. The van der Waals surface area contributed by atoms with Crippen LogP contribution in [0.15, 0.2) is 29.1 Å². The minimum atomic E-state index is -0.436. The fourth-order valence-electron chi connectivity index (χ4n) is 3.45. The number of esters is 1. The first-order valence-corrected chi connectivity index (χ1v) is 10.4. The summed E-state index contributed by atoms with van der Waals surface area (Å²) in [4.78, 5) is 44.0. The molecule has 1 amide bonds. The standard InChI is InChI=1S/C22H31N3O5/c1-5-24-21(23-18-11-8-7-10-17(18)22(24)28)16(3)25(14-9-15-29-4)19(26)12-13-20(27)30-6-2/h7-8,10-11,16H,5-6,9,12-15H2,1-4H3/t16-/m0/s1. The molecule has 2 aromatic rings. The lowest BCUT2D eigenvalue weighted by Crippen LogP contribution is -2.38. The van der Waals surface area contributed by atoms with Crippen LogP contribution in [0.25, 0.3) is 10.9 Å². The first-order chi connectivity index (χ1) is 14.4. The number of hydrogen-bond acceptors (Lipinski definition) is 6. The molecule has 0 spiro atoms. The van der Waals surface area contributed by atoms with E-state index in [9.17, 15) is 14.4 Å². The van der Waals surface area contributed by atoms with Crippen molar-refractivity contribution in [3.63, 3.8) is 0 Å². The van der Waals surface area contributed by atoms with Crippen molar-refractivity contribution in [1.29, 1.82) is 0 Å². The van der Waals surface area contributed by atoms with Gasteiger partial charge in [0, 0.05) is 33.2 Å². The molecule has 0 unspecified atom stereocenters. The minimum Gasteiger partial charge on any atom is -0.466 e. The van der Waals surface area contributed by atoms with Crippen LogP contribution in [-0.2, 0) is 25.6 Å². The number of fused-ring (bicyclic) bond motifs is 1. The van der Waals surface area contributed by atoms with Crippen LogP contribution < -0.4 is 5.56 Å². The molecular formula is C22H31N3O5. The second-order valence-corrected chi connectivity index (χ2v) is 6.95. The molecule has 0 aliphatic carbocycles. The molecule has 0 saturated heterocycles. The molecule has 0 radical (unpaired) electrons. The van der Waals surface area contributed by atoms with Crippen molar-refractivity contribution in [2.75, 3.05) is 26.9 Å². The van der Waals surface area contributed by atoms with Crippen LogP contribution in [-0.4, -0.2) is 53.2 Å². The number of carbonyl (C=O) groups is 2. The lowest BCUT2D eigenvalue weighted by Gasteiger charge is -2.30. The summed E-state index contributed by atoms with van der Waals surface area (Å²) in [7, 11) is 1.61. The van der Waals surface area contributed by atoms with Gasteiger partial charge in [-0.3, -0.25) is 19.0 Å². The summed E-state index contributed by atoms with van der Waals surface area (Å²) in [6.45, 7) is 7.13. The van der Waals surface area contributed by atoms with Crippen LogP contribution in [0.3, 0.4) is 0 Å². The van der Waals surface area contributed by atoms with Crippen molar-refractivity contribution in [3.8, 4) is 0 Å². The Kier molecular flexibility index (Phi) is 8.98. The van der Waals surface area contributed by atoms with Crippen LogP contribution in [0, 0.1) is 0 Å². The largest absolute Gasteiger partial charge is 0.466 e. The summed E-state index contributed by atoms with van der Waals surface area (Å²) in [5.74, 6) is -0.0514. The second-order valence-electron chi connectivity index (χ2n) is 6.95. The van der Waals surface area contributed by atoms with Crippen molar-refractivity contribution < 1.29 is 19.1 Å². The third kappa shape index (κ3) is 5.66. The molecule has 30 heavy (non-hydrogen) atoms. The maximum atomic E-state index is 13.0. The Morgan fingerprint density at radius 1 is 1.20 bits per heavy atom. The summed E-state index contributed by atoms with van der Waals surface area (Å²) in [6, 6.07) is 6.76. The molecule has 0 saturated carbocycles. The molecule has 8 heteroatoms. The molecule has 1 heterocycles. The van der Waals surface area contributed by atoms with Crippen LogP contribution in [0.1, 0.15) is 51.9 Å². The highest BCUT2D eigenvalue weighted by molar-refractivity contribution is 5.82. The summed E-state index contributed by atoms with van der Waals surface area (Å²) >= 11 is 0. The van der Waals surface area contributed by atoms with E-state index >= 15 is 0 Å². The average molecular weight is 418 g/mol. The summed E-state index contributed by atoms with van der Waals surface area (Å²) < 4.78 is 11.7. The maximum absolute atomic E-state index is 13.0. The van der Waals surface area contributed by atoms with Crippen LogP contribution in [0.2, 0.25) is 0 Å². The zero-order valence-corrected chi connectivity index (χ0v) is 18.2. The monoisotopic (exact) mass is 417 g/mol. The quantitative estimate of drug-likeness (QED) is 0.412. The lowest BCUT2D eigenvalue weighted by molar-refractivity contribution is -0.146. The molecule has 1 aromatic heterocycles. The second kappa shape index (κ2) is 11.4. The van der Waals surface area contributed by atoms with Crippen LogP contribution >= 0.6 is 0 Å². The molecule has 0 bridgehead atoms. The SMILES string of the molecule is CCOC(=O)CCC(=O)N(CCCOC)[C@@H](C)c1nc2ccccc2c(=O)n1CC. The molecule has 1 aromatic carbocycles. The highest BCUT2D eigenvalue weighted by Gasteiger charge is 2.26. The van der Waals surface area contributed by atoms with E-state index in [-0.39, 0.29) is 30.9 Å². The Balaban J connectivity index is 2.36. The minimum absolute atomic E-state index is 0.0197. The lowest BCUT2D eigenvalue weighted by atomic mass is 10.1. The third-order valence-electron chi connectivity index (χ3n) is 4.96. The van der Waals surface area contributed by atoms with Gasteiger partial charge in [0.2, 0.25) is 5.91 Å². The van der Waals surface area contributed by atoms with Gasteiger partial charge in [0.25, 0.3) is 5.56 Å². The van der Waals surface area contributed by atoms with Crippen molar-refractivity contribution in [3.05, 3.63) is 40.4 Å². The average Bonchev–Trinajstić information content (AvgIpc) is 2.75. The van der Waals surface area contributed by atoms with Gasteiger partial charge in [0.15, 0.2) is 0 Å². The number of hydrogen-bond donors (Lipinski definition) is 0. The van der Waals surface area contributed by atoms with Gasteiger partial charge in [0.1, 0.15) is 5.82 Å². The summed E-state index contributed by atoms with van der Waals surface area (Å²) in [5, 5.41) is 0.551. The topological polar surface area (TPSA) is 90.7 Å². The van der Waals surface area contributed by atoms with Gasteiger partial charge in [-0.05, 0) is 39.3 Å². The summed E-state index contributed by atoms with van der Waals surface area (Å²) in [5.41, 5.74) is 0.477. The molecule has 1 atom stereocenters. The molecule has 0 aliphatic heterocycles. The Labute approximate surface area is 176 Å². The Bertz CT molecular complexity index is 925. The van der Waals surface area contributed by atoms with E-state index in [0.29, 0.717) is 42.8 Å². The van der Waals surface area contributed by atoms with E-state index in [1.165, 1.54) is 0 Å². The zero-order valence-electron chi connectivity index (χ0n) is 18.2. The van der Waals surface area contributed by atoms with Crippen molar-refractivity contribution >= 4 is 22.8 Å². The van der Waals surface area contributed by atoms with Gasteiger partial charge >= 0.3 is 5.97 Å². The third-order valence-corrected chi connectivity index (χ3v) is 4.96. The smallest absolute Gasteiger partial charge is 0.306 e. The fraction of sp³-hybridized carbons (Fsp3) is 0.545. The highest BCUT2D eigenvalue weighted by atomic mass is 16.5. The summed E-state index contributed by atoms with van der Waals surface area (Å²) in [6.07, 6.45) is 0.696. The van der Waals surface area contributed by atoms with E-state index in [1.807, 2.05) is 26.0 Å². The number of benzene rings is 1. The van der Waals surface area contributed by atoms with E-state index in [2.05, 4.69) is 0 Å². The molecule has 0 aliphatic rings. The number of ether oxygens (including phenoxy) is 2. The normalized spacial score (nSPS) is 12.0. The number of methoxy groups -OCH3 is 1. The number of aromatic nitrogens is 2. The predicted molar refractivity (Wildman–Crippen MR) is 114 cm³/mol. The fourth-order valence-corrected chi connectivity index (χ4v) is 3.45. The van der Waals surface area contributed by atoms with Gasteiger partial charge in [0.05, 0.1) is 30.0 Å². The Morgan fingerprint density at radius 2 is 1.93 bits per heavy atom. The Morgan fingerprint density at radius 3 is 2.60 bits per heavy atom. The predicted octanol–water partition coefficient (Wildman–Crippen LogP) is 2.69. The van der Waals surface area contributed by atoms with Crippen molar-refractivity contribution in [2.45, 2.75) is 52.6 Å². The highest BCUT2D eigenvalue weighted by Crippen LogP contribution is 2.22. The van der Waals surface area contributed by atoms with Crippen molar-refractivity contribution in [2.24, 2.45) is 0 Å². The number of para-hydroxylation sites is 1. The van der Waals surface area contributed by atoms with Crippen LogP contribution in [0.4, 0.5) is 0 Å². The van der Waals surface area contributed by atoms with Gasteiger partial charge in [-0.2, -0.15) is 0 Å². The van der Waals surface area contributed by atoms with Gasteiger partial charge in [-0.15, -0.1) is 0 Å². The van der Waals surface area contributed by atoms with Crippen LogP contribution in [0.5, 0.6) is 0 Å². The molecule has 8 nitrogen and oxygen atoms in total. The first kappa shape index (κ1) is 23.5. The van der Waals surface area contributed by atoms with E-state index in [1.54, 1.807) is 35.6 Å². The van der Waals surface area contributed by atoms with Crippen molar-refractivity contribution in [1.82, 2.24) is 14.5 Å². The van der Waals surface area contributed by atoms with E-state index in [0.717, 1.165) is 0 Å². The first-order valence-electron chi connectivity index (χ1n) is 10.4. The zero-order chi connectivity index (χ0) is 22.1. The van der Waals surface area contributed by atoms with Gasteiger partial charge in [-0.25, -0.2) is 4.98 Å². The Hall–Kier alpha value is -2.74. The number of rotatable bonds is 11. The van der Waals surface area contributed by atoms with E-state index in [4.69, 9.17) is 14.5 Å². The molecule has 2 rings (SSSR count). The van der Waals surface area contributed by atoms with Gasteiger partial charge < -0.3 is 14.4 Å². The number of amides is 1. The number of carbonyl (C=O) groups excluding carboxylic acids is 2. The molecule has 0 N–H and O–H groups in total. The van der Waals surface area contributed by atoms with E-state index < -0.39 is 12.0 Å². The molecule has 0 fully saturated rings. The maximum Gasteiger partial charge on any atom is 0.306 e.